The van der Waals surface area contributed by atoms with Crippen LogP contribution in [0.15, 0.2) is 24.3 Å². The summed E-state index contributed by atoms with van der Waals surface area (Å²) in [7, 11) is 0. The van der Waals surface area contributed by atoms with Crippen LogP contribution >= 0.6 is 12.4 Å². The summed E-state index contributed by atoms with van der Waals surface area (Å²) in [6.07, 6.45) is 0.903. The smallest absolute Gasteiger partial charge is 0.321 e. The number of carboxylic acids is 1. The van der Waals surface area contributed by atoms with Gasteiger partial charge < -0.3 is 10.4 Å². The van der Waals surface area contributed by atoms with Crippen LogP contribution in [-0.4, -0.2) is 23.7 Å². The average molecular weight is 242 g/mol. The summed E-state index contributed by atoms with van der Waals surface area (Å²) >= 11 is 0. The second-order valence-electron chi connectivity index (χ2n) is 4.08. The predicted molar refractivity (Wildman–Crippen MR) is 65.2 cm³/mol. The molecule has 2 atom stereocenters. The van der Waals surface area contributed by atoms with Crippen molar-refractivity contribution >= 4 is 18.4 Å². The van der Waals surface area contributed by atoms with Gasteiger partial charge in [0.15, 0.2) is 0 Å². The minimum Gasteiger partial charge on any atom is -0.480 e. The number of aryl methyl sites for hydroxylation is 1. The van der Waals surface area contributed by atoms with Gasteiger partial charge in [-0.25, -0.2) is 0 Å². The van der Waals surface area contributed by atoms with Gasteiger partial charge in [-0.2, -0.15) is 0 Å². The van der Waals surface area contributed by atoms with Gasteiger partial charge in [-0.1, -0.05) is 29.8 Å². The van der Waals surface area contributed by atoms with Crippen LogP contribution in [0.25, 0.3) is 0 Å². The van der Waals surface area contributed by atoms with Crippen molar-refractivity contribution in [2.24, 2.45) is 0 Å². The third-order valence-corrected chi connectivity index (χ3v) is 2.99. The van der Waals surface area contributed by atoms with E-state index in [1.165, 1.54) is 5.56 Å². The van der Waals surface area contributed by atoms with Gasteiger partial charge in [0.2, 0.25) is 0 Å². The van der Waals surface area contributed by atoms with Crippen molar-refractivity contribution in [3.63, 3.8) is 0 Å². The molecule has 0 aliphatic carbocycles. The molecule has 1 saturated heterocycles. The van der Waals surface area contributed by atoms with Gasteiger partial charge in [0.05, 0.1) is 0 Å². The zero-order valence-electron chi connectivity index (χ0n) is 9.14. The lowest BCUT2D eigenvalue weighted by Crippen LogP contribution is -2.34. The third kappa shape index (κ3) is 2.54. The Bertz CT molecular complexity index is 364. The number of aliphatic carboxylic acids is 1. The summed E-state index contributed by atoms with van der Waals surface area (Å²) in [6.45, 7) is 2.82. The highest BCUT2D eigenvalue weighted by Gasteiger charge is 2.33. The molecule has 1 aliphatic heterocycles. The number of hydrogen-bond acceptors (Lipinski definition) is 2. The van der Waals surface area contributed by atoms with E-state index in [9.17, 15) is 4.79 Å². The molecule has 2 rings (SSSR count). The Kier molecular flexibility index (Phi) is 4.33. The molecule has 2 unspecified atom stereocenters. The Labute approximate surface area is 101 Å². The number of benzene rings is 1. The number of hydrogen-bond donors (Lipinski definition) is 2. The maximum Gasteiger partial charge on any atom is 0.321 e. The van der Waals surface area contributed by atoms with Gasteiger partial charge in [-0.05, 0) is 25.5 Å². The zero-order valence-corrected chi connectivity index (χ0v) is 9.96. The van der Waals surface area contributed by atoms with Crippen molar-refractivity contribution in [2.75, 3.05) is 6.54 Å². The van der Waals surface area contributed by atoms with Crippen molar-refractivity contribution in [2.45, 2.75) is 25.3 Å². The summed E-state index contributed by atoms with van der Waals surface area (Å²) in [6, 6.07) is 7.71. The molecular formula is C12H16ClNO2. The highest BCUT2D eigenvalue weighted by atomic mass is 35.5. The second-order valence-corrected chi connectivity index (χ2v) is 4.08. The molecule has 1 heterocycles. The van der Waals surface area contributed by atoms with E-state index in [2.05, 4.69) is 5.32 Å². The first-order chi connectivity index (χ1) is 7.18. The van der Waals surface area contributed by atoms with Crippen molar-refractivity contribution in [1.29, 1.82) is 0 Å². The second kappa shape index (κ2) is 5.32. The van der Waals surface area contributed by atoms with Crippen molar-refractivity contribution in [3.05, 3.63) is 35.4 Å². The first-order valence-corrected chi connectivity index (χ1v) is 5.21. The molecule has 2 N–H and O–H groups in total. The van der Waals surface area contributed by atoms with E-state index in [4.69, 9.17) is 5.11 Å². The average Bonchev–Trinajstić information content (AvgIpc) is 2.67. The molecule has 0 radical (unpaired) electrons. The molecular weight excluding hydrogens is 226 g/mol. The van der Waals surface area contributed by atoms with Crippen LogP contribution in [0.5, 0.6) is 0 Å². The highest BCUT2D eigenvalue weighted by Crippen LogP contribution is 2.27. The van der Waals surface area contributed by atoms with Crippen LogP contribution in [0.2, 0.25) is 0 Å². The summed E-state index contributed by atoms with van der Waals surface area (Å²) < 4.78 is 0. The first-order valence-electron chi connectivity index (χ1n) is 5.21. The molecule has 0 aromatic heterocycles. The van der Waals surface area contributed by atoms with E-state index in [-0.39, 0.29) is 18.3 Å². The molecule has 0 bridgehead atoms. The molecule has 1 aromatic carbocycles. The largest absolute Gasteiger partial charge is 0.480 e. The summed E-state index contributed by atoms with van der Waals surface area (Å²) in [5.41, 5.74) is 2.33. The van der Waals surface area contributed by atoms with Crippen molar-refractivity contribution < 1.29 is 9.90 Å². The molecule has 1 aliphatic rings. The van der Waals surface area contributed by atoms with E-state index in [1.54, 1.807) is 0 Å². The lowest BCUT2D eigenvalue weighted by Gasteiger charge is -2.15. The SMILES string of the molecule is Cc1ccc(C2CCNC2C(=O)O)cc1.Cl. The van der Waals surface area contributed by atoms with Crippen LogP contribution in [0, 0.1) is 6.92 Å². The maximum atomic E-state index is 11.0. The Hall–Kier alpha value is -1.06. The third-order valence-electron chi connectivity index (χ3n) is 2.99. The Balaban J connectivity index is 0.00000128. The van der Waals surface area contributed by atoms with E-state index in [0.717, 1.165) is 18.5 Å². The minimum atomic E-state index is -0.752. The van der Waals surface area contributed by atoms with Gasteiger partial charge in [0, 0.05) is 5.92 Å². The molecule has 0 spiro atoms. The Morgan fingerprint density at radius 1 is 1.38 bits per heavy atom. The highest BCUT2D eigenvalue weighted by molar-refractivity contribution is 5.85. The minimum absolute atomic E-state index is 0. The summed E-state index contributed by atoms with van der Waals surface area (Å²) in [5, 5.41) is 12.1. The monoisotopic (exact) mass is 241 g/mol. The fraction of sp³-hybridized carbons (Fsp3) is 0.417. The fourth-order valence-electron chi connectivity index (χ4n) is 2.14. The van der Waals surface area contributed by atoms with Crippen molar-refractivity contribution in [1.82, 2.24) is 5.32 Å². The quantitative estimate of drug-likeness (QED) is 0.832. The Morgan fingerprint density at radius 2 is 2.00 bits per heavy atom. The molecule has 0 amide bonds. The molecule has 0 saturated carbocycles. The standard InChI is InChI=1S/C12H15NO2.ClH/c1-8-2-4-9(5-3-8)10-6-7-13-11(10)12(14)15;/h2-5,10-11,13H,6-7H2,1H3,(H,14,15);1H. The van der Waals surface area contributed by atoms with Crippen LogP contribution in [0.1, 0.15) is 23.5 Å². The van der Waals surface area contributed by atoms with Gasteiger partial charge >= 0.3 is 5.97 Å². The number of carbonyl (C=O) groups is 1. The normalized spacial score (nSPS) is 23.8. The maximum absolute atomic E-state index is 11.0. The summed E-state index contributed by atoms with van der Waals surface area (Å²) in [4.78, 5) is 11.0. The lowest BCUT2D eigenvalue weighted by molar-refractivity contribution is -0.139. The van der Waals surface area contributed by atoms with Crippen LogP contribution < -0.4 is 5.32 Å². The van der Waals surface area contributed by atoms with Gasteiger partial charge in [0.1, 0.15) is 6.04 Å². The molecule has 4 heteroatoms. The van der Waals surface area contributed by atoms with E-state index < -0.39 is 12.0 Å². The molecule has 1 aromatic rings. The lowest BCUT2D eigenvalue weighted by atomic mass is 9.91. The van der Waals surface area contributed by atoms with Crippen LogP contribution in [0.3, 0.4) is 0 Å². The van der Waals surface area contributed by atoms with Crippen molar-refractivity contribution in [3.8, 4) is 0 Å². The molecule has 3 nitrogen and oxygen atoms in total. The van der Waals surface area contributed by atoms with Gasteiger partial charge in [-0.15, -0.1) is 12.4 Å². The number of halogens is 1. The summed E-state index contributed by atoms with van der Waals surface area (Å²) in [5.74, 6) is -0.638. The fourth-order valence-corrected chi connectivity index (χ4v) is 2.14. The van der Waals surface area contributed by atoms with E-state index in [1.807, 2.05) is 31.2 Å². The number of rotatable bonds is 2. The predicted octanol–water partition coefficient (Wildman–Crippen LogP) is 1.95. The van der Waals surface area contributed by atoms with E-state index >= 15 is 0 Å². The number of nitrogens with one attached hydrogen (secondary N) is 1. The molecule has 16 heavy (non-hydrogen) atoms. The first kappa shape index (κ1) is 13.0. The van der Waals surface area contributed by atoms with Crippen LogP contribution in [-0.2, 0) is 4.79 Å². The Morgan fingerprint density at radius 3 is 2.56 bits per heavy atom. The zero-order chi connectivity index (χ0) is 10.8. The van der Waals surface area contributed by atoms with Gasteiger partial charge in [-0.3, -0.25) is 4.79 Å². The molecule has 1 fully saturated rings. The molecule has 88 valence electrons. The topological polar surface area (TPSA) is 49.3 Å². The van der Waals surface area contributed by atoms with Gasteiger partial charge in [0.25, 0.3) is 0 Å². The van der Waals surface area contributed by atoms with E-state index in [0.29, 0.717) is 0 Å². The number of carboxylic acid groups (broad SMARTS) is 1. The van der Waals surface area contributed by atoms with Crippen LogP contribution in [0.4, 0.5) is 0 Å².